The number of carboxylic acid groups (broad SMARTS) is 1. The third-order valence-corrected chi connectivity index (χ3v) is 4.64. The molecule has 1 N–H and O–H groups in total. The molecule has 98 valence electrons. The Labute approximate surface area is 119 Å². The molecule has 0 amide bonds. The quantitative estimate of drug-likeness (QED) is 0.909. The minimum absolute atomic E-state index is 0.498. The van der Waals surface area contributed by atoms with E-state index in [1.807, 2.05) is 0 Å². The smallest absolute Gasteiger partial charge is 0.314 e. The SMILES string of the molecule is COc1cc(Cl)cc(C2(C(=O)O)CCCC2)c1Br. The Morgan fingerprint density at radius 2 is 2.06 bits per heavy atom. The molecule has 0 unspecified atom stereocenters. The van der Waals surface area contributed by atoms with Crippen LogP contribution in [-0.2, 0) is 10.2 Å². The maximum Gasteiger partial charge on any atom is 0.314 e. The summed E-state index contributed by atoms with van der Waals surface area (Å²) in [4.78, 5) is 11.7. The summed E-state index contributed by atoms with van der Waals surface area (Å²) in [5.74, 6) is -0.213. The summed E-state index contributed by atoms with van der Waals surface area (Å²) in [6.07, 6.45) is 3.13. The first-order valence-corrected chi connectivity index (χ1v) is 6.95. The van der Waals surface area contributed by atoms with Crippen LogP contribution in [0.1, 0.15) is 31.2 Å². The van der Waals surface area contributed by atoms with E-state index in [2.05, 4.69) is 15.9 Å². The average molecular weight is 334 g/mol. The van der Waals surface area contributed by atoms with Gasteiger partial charge in [0.1, 0.15) is 5.75 Å². The van der Waals surface area contributed by atoms with Gasteiger partial charge < -0.3 is 9.84 Å². The lowest BCUT2D eigenvalue weighted by Crippen LogP contribution is -2.33. The molecule has 1 aromatic rings. The lowest BCUT2D eigenvalue weighted by Gasteiger charge is -2.26. The Morgan fingerprint density at radius 1 is 1.44 bits per heavy atom. The van der Waals surface area contributed by atoms with Gasteiger partial charge in [-0.3, -0.25) is 4.79 Å². The maximum atomic E-state index is 11.7. The molecule has 1 aliphatic rings. The highest BCUT2D eigenvalue weighted by Crippen LogP contribution is 2.47. The van der Waals surface area contributed by atoms with Gasteiger partial charge >= 0.3 is 5.97 Å². The van der Waals surface area contributed by atoms with Gasteiger partial charge in [0.2, 0.25) is 0 Å². The Balaban J connectivity index is 2.61. The number of carbonyl (C=O) groups is 1. The normalized spacial score (nSPS) is 17.7. The van der Waals surface area contributed by atoms with Crippen LogP contribution in [0, 0.1) is 0 Å². The summed E-state index contributed by atoms with van der Waals surface area (Å²) in [6, 6.07) is 3.41. The average Bonchev–Trinajstić information content (AvgIpc) is 2.82. The van der Waals surface area contributed by atoms with E-state index in [0.29, 0.717) is 28.1 Å². The van der Waals surface area contributed by atoms with Gasteiger partial charge in [-0.2, -0.15) is 0 Å². The first-order valence-electron chi connectivity index (χ1n) is 5.78. The highest BCUT2D eigenvalue weighted by atomic mass is 79.9. The Morgan fingerprint density at radius 3 is 2.56 bits per heavy atom. The molecular weight excluding hydrogens is 319 g/mol. The highest BCUT2D eigenvalue weighted by Gasteiger charge is 2.44. The zero-order chi connectivity index (χ0) is 13.3. The van der Waals surface area contributed by atoms with Crippen LogP contribution in [0.3, 0.4) is 0 Å². The zero-order valence-corrected chi connectivity index (χ0v) is 12.3. The maximum absolute atomic E-state index is 11.7. The third kappa shape index (κ3) is 2.12. The summed E-state index contributed by atoms with van der Waals surface area (Å²) in [7, 11) is 1.54. The fourth-order valence-electron chi connectivity index (χ4n) is 2.64. The second kappa shape index (κ2) is 5.10. The first kappa shape index (κ1) is 13.7. The van der Waals surface area contributed by atoms with E-state index in [1.54, 1.807) is 19.2 Å². The minimum atomic E-state index is -0.836. The topological polar surface area (TPSA) is 46.5 Å². The predicted octanol–water partition coefficient (Wildman–Crippen LogP) is 4.01. The van der Waals surface area contributed by atoms with E-state index in [-0.39, 0.29) is 0 Å². The number of carboxylic acids is 1. The number of rotatable bonds is 3. The largest absolute Gasteiger partial charge is 0.496 e. The van der Waals surface area contributed by atoms with Crippen LogP contribution in [-0.4, -0.2) is 18.2 Å². The second-order valence-electron chi connectivity index (χ2n) is 4.56. The number of hydrogen-bond donors (Lipinski definition) is 1. The number of benzene rings is 1. The Hall–Kier alpha value is -0.740. The van der Waals surface area contributed by atoms with Crippen LogP contribution in [0.4, 0.5) is 0 Å². The van der Waals surface area contributed by atoms with Gasteiger partial charge in [-0.25, -0.2) is 0 Å². The van der Waals surface area contributed by atoms with E-state index in [4.69, 9.17) is 16.3 Å². The molecule has 1 aromatic carbocycles. The van der Waals surface area contributed by atoms with Gasteiger partial charge in [0.25, 0.3) is 0 Å². The van der Waals surface area contributed by atoms with Crippen molar-refractivity contribution in [3.63, 3.8) is 0 Å². The molecular formula is C13H14BrClO3. The second-order valence-corrected chi connectivity index (χ2v) is 5.79. The van der Waals surface area contributed by atoms with Crippen LogP contribution < -0.4 is 4.74 Å². The van der Waals surface area contributed by atoms with Crippen molar-refractivity contribution >= 4 is 33.5 Å². The van der Waals surface area contributed by atoms with Crippen molar-refractivity contribution in [1.82, 2.24) is 0 Å². The van der Waals surface area contributed by atoms with Crippen molar-refractivity contribution in [3.05, 3.63) is 27.2 Å². The molecule has 1 saturated carbocycles. The predicted molar refractivity (Wildman–Crippen MR) is 73.5 cm³/mol. The molecule has 3 nitrogen and oxygen atoms in total. The standard InChI is InChI=1S/C13H14BrClO3/c1-18-10-7-8(15)6-9(11(10)14)13(12(16)17)4-2-3-5-13/h6-7H,2-5H2,1H3,(H,16,17). The Kier molecular flexibility index (Phi) is 3.87. The highest BCUT2D eigenvalue weighted by molar-refractivity contribution is 9.10. The number of hydrogen-bond acceptors (Lipinski definition) is 2. The molecule has 0 heterocycles. The van der Waals surface area contributed by atoms with Crippen molar-refractivity contribution in [3.8, 4) is 5.75 Å². The van der Waals surface area contributed by atoms with Crippen molar-refractivity contribution in [2.45, 2.75) is 31.1 Å². The number of ether oxygens (including phenoxy) is 1. The molecule has 0 spiro atoms. The minimum Gasteiger partial charge on any atom is -0.496 e. The van der Waals surface area contributed by atoms with E-state index in [1.165, 1.54) is 0 Å². The van der Waals surface area contributed by atoms with Crippen molar-refractivity contribution in [2.24, 2.45) is 0 Å². The van der Waals surface area contributed by atoms with Crippen LogP contribution >= 0.6 is 27.5 Å². The fourth-order valence-corrected chi connectivity index (χ4v) is 3.62. The molecule has 2 rings (SSSR count). The number of aliphatic carboxylic acids is 1. The molecule has 0 radical (unpaired) electrons. The van der Waals surface area contributed by atoms with Gasteiger partial charge in [0, 0.05) is 5.02 Å². The van der Waals surface area contributed by atoms with Crippen LogP contribution in [0.15, 0.2) is 16.6 Å². The summed E-state index contributed by atoms with van der Waals surface area (Å²) in [5.41, 5.74) is -0.117. The van der Waals surface area contributed by atoms with E-state index in [0.717, 1.165) is 18.4 Å². The molecule has 0 aliphatic heterocycles. The van der Waals surface area contributed by atoms with Crippen molar-refractivity contribution in [1.29, 1.82) is 0 Å². The van der Waals surface area contributed by atoms with Crippen LogP contribution in [0.2, 0.25) is 5.02 Å². The summed E-state index contributed by atoms with van der Waals surface area (Å²) < 4.78 is 5.92. The van der Waals surface area contributed by atoms with Crippen LogP contribution in [0.5, 0.6) is 5.75 Å². The van der Waals surface area contributed by atoms with Crippen LogP contribution in [0.25, 0.3) is 0 Å². The fraction of sp³-hybridized carbons (Fsp3) is 0.462. The molecule has 0 saturated heterocycles. The van der Waals surface area contributed by atoms with Crippen molar-refractivity contribution in [2.75, 3.05) is 7.11 Å². The van der Waals surface area contributed by atoms with Gasteiger partial charge in [-0.05, 0) is 46.5 Å². The molecule has 0 atom stereocenters. The zero-order valence-electron chi connectivity index (χ0n) is 10.0. The lowest BCUT2D eigenvalue weighted by molar-refractivity contribution is -0.143. The van der Waals surface area contributed by atoms with E-state index < -0.39 is 11.4 Å². The molecule has 1 fully saturated rings. The lowest BCUT2D eigenvalue weighted by atomic mass is 9.79. The molecule has 1 aliphatic carbocycles. The molecule has 18 heavy (non-hydrogen) atoms. The summed E-state index contributed by atoms with van der Waals surface area (Å²) in [6.45, 7) is 0. The van der Waals surface area contributed by atoms with Gasteiger partial charge in [0.15, 0.2) is 0 Å². The third-order valence-electron chi connectivity index (χ3n) is 3.61. The first-order chi connectivity index (χ1) is 8.51. The molecule has 0 bridgehead atoms. The molecule has 5 heteroatoms. The van der Waals surface area contributed by atoms with Gasteiger partial charge in [0.05, 0.1) is 17.0 Å². The summed E-state index contributed by atoms with van der Waals surface area (Å²) >= 11 is 9.49. The molecule has 0 aromatic heterocycles. The monoisotopic (exact) mass is 332 g/mol. The van der Waals surface area contributed by atoms with E-state index >= 15 is 0 Å². The van der Waals surface area contributed by atoms with Gasteiger partial charge in [-0.1, -0.05) is 24.4 Å². The van der Waals surface area contributed by atoms with E-state index in [9.17, 15) is 9.90 Å². The number of methoxy groups -OCH3 is 1. The Bertz CT molecular complexity index is 481. The summed E-state index contributed by atoms with van der Waals surface area (Å²) in [5, 5.41) is 10.1. The van der Waals surface area contributed by atoms with Gasteiger partial charge in [-0.15, -0.1) is 0 Å². The number of halogens is 2. The van der Waals surface area contributed by atoms with Crippen molar-refractivity contribution < 1.29 is 14.6 Å².